The number of nitrogens with zero attached hydrogens (tertiary/aromatic N) is 6. The molecule has 8 nitrogen and oxygen atoms in total. The molecule has 1 aliphatic rings. The van der Waals surface area contributed by atoms with E-state index < -0.39 is 0 Å². The fourth-order valence-corrected chi connectivity index (χ4v) is 5.75. The lowest BCUT2D eigenvalue weighted by Gasteiger charge is -2.40. The van der Waals surface area contributed by atoms with Crippen LogP contribution in [0.1, 0.15) is 46.6 Å². The lowest BCUT2D eigenvalue weighted by Crippen LogP contribution is -2.49. The Morgan fingerprint density at radius 2 is 1.70 bits per heavy atom. The molecule has 204 valence electrons. The molecular weight excluding hydrogens is 498 g/mol. The number of fused-ring (bicyclic) bond motifs is 1. The molecular formula is C32H35N7O. The number of anilines is 1. The van der Waals surface area contributed by atoms with Crippen LogP contribution in [0, 0.1) is 13.8 Å². The minimum atomic E-state index is -0.377. The van der Waals surface area contributed by atoms with Gasteiger partial charge in [0.05, 0.1) is 6.54 Å². The highest BCUT2D eigenvalue weighted by Crippen LogP contribution is 2.30. The number of nitrogens with one attached hydrogen (secondary N) is 1. The summed E-state index contributed by atoms with van der Waals surface area (Å²) < 4.78 is 1.84. The second kappa shape index (κ2) is 11.1. The van der Waals surface area contributed by atoms with E-state index in [1.54, 1.807) is 0 Å². The van der Waals surface area contributed by atoms with Gasteiger partial charge in [0.1, 0.15) is 6.04 Å². The van der Waals surface area contributed by atoms with Crippen LogP contribution < -0.4 is 10.5 Å². The summed E-state index contributed by atoms with van der Waals surface area (Å²) in [6.07, 6.45) is 0.934. The summed E-state index contributed by atoms with van der Waals surface area (Å²) in [4.78, 5) is 21.6. The van der Waals surface area contributed by atoms with Crippen molar-refractivity contribution in [1.29, 1.82) is 0 Å². The van der Waals surface area contributed by atoms with E-state index >= 15 is 0 Å². The number of benzene rings is 3. The molecule has 0 amide bonds. The third kappa shape index (κ3) is 5.14. The van der Waals surface area contributed by atoms with E-state index in [9.17, 15) is 4.79 Å². The smallest absolute Gasteiger partial charge is 0.253 e. The molecule has 1 saturated heterocycles. The Kier molecular flexibility index (Phi) is 7.17. The van der Waals surface area contributed by atoms with E-state index in [-0.39, 0.29) is 11.6 Å². The van der Waals surface area contributed by atoms with E-state index in [1.807, 2.05) is 35.0 Å². The molecule has 1 fully saturated rings. The SMILES string of the molecule is CCc1ccc2[nH]c(=O)c([C@H](c3nnnn3Cc3ccccc3)N3CCN(c4cc(C)ccc4C)CC3)cc2c1. The van der Waals surface area contributed by atoms with Gasteiger partial charge >= 0.3 is 0 Å². The van der Waals surface area contributed by atoms with E-state index in [0.717, 1.165) is 49.1 Å². The second-order valence-electron chi connectivity index (χ2n) is 10.7. The zero-order valence-corrected chi connectivity index (χ0v) is 23.3. The number of aromatic nitrogens is 5. The van der Waals surface area contributed by atoms with Crippen molar-refractivity contribution in [2.24, 2.45) is 0 Å². The van der Waals surface area contributed by atoms with Gasteiger partial charge in [-0.25, -0.2) is 4.68 Å². The molecule has 2 aromatic heterocycles. The van der Waals surface area contributed by atoms with Gasteiger partial charge in [0.15, 0.2) is 5.82 Å². The number of rotatable bonds is 7. The van der Waals surface area contributed by atoms with Crippen molar-refractivity contribution in [2.75, 3.05) is 31.1 Å². The van der Waals surface area contributed by atoms with Crippen LogP contribution in [0.2, 0.25) is 0 Å². The van der Waals surface area contributed by atoms with Crippen LogP contribution >= 0.6 is 0 Å². The van der Waals surface area contributed by atoms with Gasteiger partial charge in [-0.15, -0.1) is 5.10 Å². The first-order valence-electron chi connectivity index (χ1n) is 14.0. The molecule has 1 atom stereocenters. The summed E-state index contributed by atoms with van der Waals surface area (Å²) in [7, 11) is 0. The van der Waals surface area contributed by atoms with Gasteiger partial charge in [0.25, 0.3) is 5.56 Å². The molecule has 0 bridgehead atoms. The molecule has 1 N–H and O–H groups in total. The van der Waals surface area contributed by atoms with Gasteiger partial charge in [-0.05, 0) is 82.6 Å². The van der Waals surface area contributed by atoms with Crippen molar-refractivity contribution < 1.29 is 0 Å². The standard InChI is InChI=1S/C32H35N7O/c1-4-24-12-13-28-26(19-24)20-27(32(40)33-28)30(31-34-35-36-39(31)21-25-8-6-5-7-9-25)38-16-14-37(15-17-38)29-18-22(2)10-11-23(29)3/h5-13,18-20,30H,4,14-17,21H2,1-3H3,(H,33,40)/t30-/m1/s1. The molecule has 5 aromatic rings. The third-order valence-electron chi connectivity index (χ3n) is 8.00. The average Bonchev–Trinajstić information content (AvgIpc) is 3.43. The summed E-state index contributed by atoms with van der Waals surface area (Å²) in [6, 6.07) is 24.7. The zero-order valence-electron chi connectivity index (χ0n) is 23.3. The minimum Gasteiger partial charge on any atom is -0.369 e. The Hall–Kier alpha value is -4.30. The van der Waals surface area contributed by atoms with Gasteiger partial charge in [-0.1, -0.05) is 55.5 Å². The molecule has 0 unspecified atom stereocenters. The Balaban J connectivity index is 1.39. The van der Waals surface area contributed by atoms with Gasteiger partial charge < -0.3 is 9.88 Å². The number of hydrogen-bond acceptors (Lipinski definition) is 6. The Morgan fingerprint density at radius 3 is 2.48 bits per heavy atom. The van der Waals surface area contributed by atoms with Crippen LogP contribution in [-0.4, -0.2) is 56.3 Å². The number of H-pyrrole nitrogens is 1. The summed E-state index contributed by atoms with van der Waals surface area (Å²) >= 11 is 0. The van der Waals surface area contributed by atoms with Crippen molar-refractivity contribution in [1.82, 2.24) is 30.1 Å². The van der Waals surface area contributed by atoms with Crippen LogP contribution in [0.15, 0.2) is 77.6 Å². The summed E-state index contributed by atoms with van der Waals surface area (Å²) in [5.74, 6) is 0.681. The Morgan fingerprint density at radius 1 is 0.900 bits per heavy atom. The fourth-order valence-electron chi connectivity index (χ4n) is 5.75. The Bertz CT molecular complexity index is 1680. The van der Waals surface area contributed by atoms with E-state index in [0.29, 0.717) is 17.9 Å². The highest BCUT2D eigenvalue weighted by atomic mass is 16.1. The first-order valence-corrected chi connectivity index (χ1v) is 14.0. The van der Waals surface area contributed by atoms with Crippen LogP contribution in [0.3, 0.4) is 0 Å². The molecule has 0 saturated carbocycles. The largest absolute Gasteiger partial charge is 0.369 e. The Labute approximate surface area is 234 Å². The molecule has 0 aliphatic carbocycles. The molecule has 3 aromatic carbocycles. The lowest BCUT2D eigenvalue weighted by atomic mass is 10.0. The molecule has 1 aliphatic heterocycles. The highest BCUT2D eigenvalue weighted by molar-refractivity contribution is 5.80. The average molecular weight is 534 g/mol. The van der Waals surface area contributed by atoms with Crippen LogP contribution in [-0.2, 0) is 13.0 Å². The number of piperazine rings is 1. The van der Waals surface area contributed by atoms with E-state index in [4.69, 9.17) is 0 Å². The summed E-state index contributed by atoms with van der Waals surface area (Å²) in [5.41, 5.74) is 7.56. The molecule has 40 heavy (non-hydrogen) atoms. The maximum atomic E-state index is 13.6. The maximum absolute atomic E-state index is 13.6. The predicted octanol–water partition coefficient (Wildman–Crippen LogP) is 4.65. The van der Waals surface area contributed by atoms with Gasteiger partial charge in [0, 0.05) is 42.9 Å². The van der Waals surface area contributed by atoms with Crippen molar-refractivity contribution >= 4 is 16.6 Å². The number of aromatic amines is 1. The topological polar surface area (TPSA) is 82.9 Å². The molecule has 0 spiro atoms. The zero-order chi connectivity index (χ0) is 27.6. The summed E-state index contributed by atoms with van der Waals surface area (Å²) in [5, 5.41) is 14.0. The molecule has 8 heteroatoms. The van der Waals surface area contributed by atoms with Crippen LogP contribution in [0.5, 0.6) is 0 Å². The lowest BCUT2D eigenvalue weighted by molar-refractivity contribution is 0.200. The molecule has 6 rings (SSSR count). The van der Waals surface area contributed by atoms with Gasteiger partial charge in [-0.3, -0.25) is 9.69 Å². The number of pyridine rings is 1. The quantitative estimate of drug-likeness (QED) is 0.328. The number of aryl methyl sites for hydroxylation is 3. The van der Waals surface area contributed by atoms with Crippen LogP contribution in [0.4, 0.5) is 5.69 Å². The van der Waals surface area contributed by atoms with Crippen molar-refractivity contribution in [3.05, 3.63) is 117 Å². The molecule has 0 radical (unpaired) electrons. The second-order valence-corrected chi connectivity index (χ2v) is 10.7. The monoisotopic (exact) mass is 533 g/mol. The maximum Gasteiger partial charge on any atom is 0.253 e. The first kappa shape index (κ1) is 26.0. The fraction of sp³-hybridized carbons (Fsp3) is 0.312. The van der Waals surface area contributed by atoms with Crippen molar-refractivity contribution in [3.63, 3.8) is 0 Å². The van der Waals surface area contributed by atoms with Gasteiger partial charge in [0.2, 0.25) is 0 Å². The third-order valence-corrected chi connectivity index (χ3v) is 8.00. The predicted molar refractivity (Wildman–Crippen MR) is 159 cm³/mol. The summed E-state index contributed by atoms with van der Waals surface area (Å²) in [6.45, 7) is 10.3. The number of hydrogen-bond donors (Lipinski definition) is 1. The van der Waals surface area contributed by atoms with E-state index in [2.05, 4.69) is 93.5 Å². The van der Waals surface area contributed by atoms with E-state index in [1.165, 1.54) is 22.4 Å². The normalized spacial score (nSPS) is 15.0. The van der Waals surface area contributed by atoms with Crippen LogP contribution in [0.25, 0.3) is 10.9 Å². The minimum absolute atomic E-state index is 0.104. The molecule has 3 heterocycles. The number of tetrazole rings is 1. The highest BCUT2D eigenvalue weighted by Gasteiger charge is 2.33. The van der Waals surface area contributed by atoms with Crippen molar-refractivity contribution in [3.8, 4) is 0 Å². The van der Waals surface area contributed by atoms with Crippen molar-refractivity contribution in [2.45, 2.75) is 39.8 Å². The van der Waals surface area contributed by atoms with Gasteiger partial charge in [-0.2, -0.15) is 0 Å². The first-order chi connectivity index (χ1) is 19.5.